The Hall–Kier alpha value is -0.120. The maximum absolute atomic E-state index is 5.84. The minimum absolute atomic E-state index is 0.00218. The van der Waals surface area contributed by atoms with Gasteiger partial charge >= 0.3 is 0 Å². The van der Waals surface area contributed by atoms with Crippen molar-refractivity contribution < 1.29 is 4.74 Å². The zero-order valence-corrected chi connectivity index (χ0v) is 12.4. The summed E-state index contributed by atoms with van der Waals surface area (Å²) in [4.78, 5) is 2.60. The Labute approximate surface area is 112 Å². The van der Waals surface area contributed by atoms with Crippen molar-refractivity contribution in [3.05, 3.63) is 0 Å². The first-order valence-electron chi connectivity index (χ1n) is 7.64. The van der Waals surface area contributed by atoms with Crippen molar-refractivity contribution in [2.45, 2.75) is 58.1 Å². The fourth-order valence-electron chi connectivity index (χ4n) is 3.22. The van der Waals surface area contributed by atoms with Crippen molar-refractivity contribution in [2.24, 2.45) is 5.92 Å². The number of likely N-dealkylation sites (tertiary alicyclic amines) is 1. The molecule has 3 heteroatoms. The average molecular weight is 254 g/mol. The summed E-state index contributed by atoms with van der Waals surface area (Å²) < 4.78 is 5.84. The monoisotopic (exact) mass is 254 g/mol. The summed E-state index contributed by atoms with van der Waals surface area (Å²) in [6, 6.07) is 0.788. The van der Waals surface area contributed by atoms with Gasteiger partial charge in [-0.3, -0.25) is 0 Å². The molecule has 0 saturated carbocycles. The summed E-state index contributed by atoms with van der Waals surface area (Å²) in [5, 5.41) is 3.67. The molecule has 2 heterocycles. The second kappa shape index (κ2) is 6.36. The van der Waals surface area contributed by atoms with Crippen LogP contribution in [0.2, 0.25) is 0 Å². The zero-order chi connectivity index (χ0) is 13.0. The van der Waals surface area contributed by atoms with Crippen LogP contribution in [0.1, 0.15) is 46.5 Å². The SMILES string of the molecule is CC(C)(C)OCCN1CCCC(C2CCCN2)C1. The van der Waals surface area contributed by atoms with Crippen molar-refractivity contribution in [3.8, 4) is 0 Å². The van der Waals surface area contributed by atoms with Gasteiger partial charge in [0.05, 0.1) is 12.2 Å². The minimum Gasteiger partial charge on any atom is -0.375 e. The van der Waals surface area contributed by atoms with Crippen molar-refractivity contribution in [1.29, 1.82) is 0 Å². The van der Waals surface area contributed by atoms with Crippen molar-refractivity contribution in [1.82, 2.24) is 10.2 Å². The van der Waals surface area contributed by atoms with E-state index in [0.717, 1.165) is 25.1 Å². The highest BCUT2D eigenvalue weighted by atomic mass is 16.5. The van der Waals surface area contributed by atoms with Crippen LogP contribution < -0.4 is 5.32 Å². The molecule has 0 aliphatic carbocycles. The molecule has 0 radical (unpaired) electrons. The van der Waals surface area contributed by atoms with Crippen LogP contribution in [-0.2, 0) is 4.74 Å². The second-order valence-electron chi connectivity index (χ2n) is 6.87. The quantitative estimate of drug-likeness (QED) is 0.833. The lowest BCUT2D eigenvalue weighted by Gasteiger charge is -2.36. The van der Waals surface area contributed by atoms with Crippen LogP contribution in [0.4, 0.5) is 0 Å². The highest BCUT2D eigenvalue weighted by Gasteiger charge is 2.28. The molecular weight excluding hydrogens is 224 g/mol. The first-order valence-corrected chi connectivity index (χ1v) is 7.64. The molecule has 0 aromatic heterocycles. The maximum atomic E-state index is 5.84. The van der Waals surface area contributed by atoms with Crippen LogP contribution in [0.15, 0.2) is 0 Å². The number of nitrogens with one attached hydrogen (secondary N) is 1. The standard InChI is InChI=1S/C15H30N2O/c1-15(2,3)18-11-10-17-9-5-6-13(12-17)14-7-4-8-16-14/h13-14,16H,4-12H2,1-3H3. The predicted molar refractivity (Wildman–Crippen MR) is 75.9 cm³/mol. The molecule has 2 aliphatic heterocycles. The Balaban J connectivity index is 1.69. The fourth-order valence-corrected chi connectivity index (χ4v) is 3.22. The third-order valence-corrected chi connectivity index (χ3v) is 4.15. The molecule has 2 atom stereocenters. The van der Waals surface area contributed by atoms with Crippen molar-refractivity contribution >= 4 is 0 Å². The summed E-state index contributed by atoms with van der Waals surface area (Å²) in [5.41, 5.74) is 0.00218. The average Bonchev–Trinajstić information content (AvgIpc) is 2.81. The van der Waals surface area contributed by atoms with Gasteiger partial charge in [-0.05, 0) is 65.5 Å². The Morgan fingerprint density at radius 1 is 1.22 bits per heavy atom. The molecule has 0 bridgehead atoms. The lowest BCUT2D eigenvalue weighted by atomic mass is 9.90. The number of hydrogen-bond donors (Lipinski definition) is 1. The number of nitrogens with zero attached hydrogens (tertiary/aromatic N) is 1. The van der Waals surface area contributed by atoms with E-state index < -0.39 is 0 Å². The van der Waals surface area contributed by atoms with Crippen LogP contribution in [0.3, 0.4) is 0 Å². The molecule has 2 rings (SSSR count). The molecule has 0 amide bonds. The van der Waals surface area contributed by atoms with Gasteiger partial charge in [-0.25, -0.2) is 0 Å². The highest BCUT2D eigenvalue weighted by molar-refractivity contribution is 4.86. The molecule has 106 valence electrons. The minimum atomic E-state index is 0.00218. The van der Waals surface area contributed by atoms with Gasteiger partial charge < -0.3 is 15.0 Å². The summed E-state index contributed by atoms with van der Waals surface area (Å²) in [6.45, 7) is 12.1. The second-order valence-corrected chi connectivity index (χ2v) is 6.87. The van der Waals surface area contributed by atoms with E-state index in [1.807, 2.05) is 0 Å². The van der Waals surface area contributed by atoms with Gasteiger partial charge in [0, 0.05) is 19.1 Å². The maximum Gasteiger partial charge on any atom is 0.0600 e. The summed E-state index contributed by atoms with van der Waals surface area (Å²) in [6.07, 6.45) is 5.53. The molecule has 2 saturated heterocycles. The van der Waals surface area contributed by atoms with E-state index >= 15 is 0 Å². The lowest BCUT2D eigenvalue weighted by molar-refractivity contribution is -0.0178. The Morgan fingerprint density at radius 2 is 2.06 bits per heavy atom. The van der Waals surface area contributed by atoms with Gasteiger partial charge in [0.25, 0.3) is 0 Å². The number of ether oxygens (including phenoxy) is 1. The summed E-state index contributed by atoms with van der Waals surface area (Å²) >= 11 is 0. The van der Waals surface area contributed by atoms with E-state index in [0.29, 0.717) is 0 Å². The van der Waals surface area contributed by atoms with Crippen LogP contribution in [0.25, 0.3) is 0 Å². The van der Waals surface area contributed by atoms with E-state index in [2.05, 4.69) is 31.0 Å². The van der Waals surface area contributed by atoms with Crippen LogP contribution in [-0.4, -0.2) is 49.3 Å². The summed E-state index contributed by atoms with van der Waals surface area (Å²) in [5.74, 6) is 0.871. The van der Waals surface area contributed by atoms with E-state index in [1.54, 1.807) is 0 Å². The number of hydrogen-bond acceptors (Lipinski definition) is 3. The molecular formula is C15H30N2O. The Morgan fingerprint density at radius 3 is 2.72 bits per heavy atom. The smallest absolute Gasteiger partial charge is 0.0600 e. The first-order chi connectivity index (χ1) is 8.54. The third-order valence-electron chi connectivity index (χ3n) is 4.15. The number of piperidine rings is 1. The Bertz CT molecular complexity index is 243. The molecule has 2 aliphatic rings. The molecule has 2 unspecified atom stereocenters. The predicted octanol–water partition coefficient (Wildman–Crippen LogP) is 2.27. The van der Waals surface area contributed by atoms with Gasteiger partial charge in [-0.2, -0.15) is 0 Å². The van der Waals surface area contributed by atoms with E-state index in [4.69, 9.17) is 4.74 Å². The van der Waals surface area contributed by atoms with Crippen LogP contribution in [0.5, 0.6) is 0 Å². The van der Waals surface area contributed by atoms with Crippen molar-refractivity contribution in [3.63, 3.8) is 0 Å². The van der Waals surface area contributed by atoms with Gasteiger partial charge in [-0.1, -0.05) is 0 Å². The molecule has 2 fully saturated rings. The molecule has 1 N–H and O–H groups in total. The topological polar surface area (TPSA) is 24.5 Å². The van der Waals surface area contributed by atoms with Crippen LogP contribution >= 0.6 is 0 Å². The molecule has 18 heavy (non-hydrogen) atoms. The van der Waals surface area contributed by atoms with E-state index in [-0.39, 0.29) is 5.60 Å². The normalized spacial score (nSPS) is 30.8. The summed E-state index contributed by atoms with van der Waals surface area (Å²) in [7, 11) is 0. The lowest BCUT2D eigenvalue weighted by Crippen LogP contribution is -2.44. The third kappa shape index (κ3) is 4.52. The first kappa shape index (κ1) is 14.3. The van der Waals surface area contributed by atoms with Gasteiger partial charge in [-0.15, -0.1) is 0 Å². The molecule has 3 nitrogen and oxygen atoms in total. The fraction of sp³-hybridized carbons (Fsp3) is 1.00. The number of rotatable bonds is 4. The zero-order valence-electron chi connectivity index (χ0n) is 12.4. The van der Waals surface area contributed by atoms with Crippen molar-refractivity contribution in [2.75, 3.05) is 32.8 Å². The van der Waals surface area contributed by atoms with Gasteiger partial charge in [0.1, 0.15) is 0 Å². The van der Waals surface area contributed by atoms with Gasteiger partial charge in [0.15, 0.2) is 0 Å². The molecule has 0 aromatic rings. The molecule has 0 aromatic carbocycles. The van der Waals surface area contributed by atoms with E-state index in [1.165, 1.54) is 45.3 Å². The van der Waals surface area contributed by atoms with E-state index in [9.17, 15) is 0 Å². The highest BCUT2D eigenvalue weighted by Crippen LogP contribution is 2.24. The van der Waals surface area contributed by atoms with Crippen LogP contribution in [0, 0.1) is 5.92 Å². The Kier molecular flexibility index (Phi) is 5.05. The largest absolute Gasteiger partial charge is 0.375 e. The van der Waals surface area contributed by atoms with Gasteiger partial charge in [0.2, 0.25) is 0 Å². The molecule has 0 spiro atoms.